The van der Waals surface area contributed by atoms with Gasteiger partial charge in [0, 0.05) is 18.9 Å². The van der Waals surface area contributed by atoms with E-state index in [-0.39, 0.29) is 16.7 Å². The average molecular weight is 261 g/mol. The Morgan fingerprint density at radius 1 is 1.69 bits per heavy atom. The molecule has 0 N–H and O–H groups in total. The molecule has 1 aromatic rings. The van der Waals surface area contributed by atoms with Gasteiger partial charge in [0.1, 0.15) is 5.02 Å². The molecule has 0 saturated carbocycles. The van der Waals surface area contributed by atoms with Crippen LogP contribution in [-0.4, -0.2) is 27.7 Å². The van der Waals surface area contributed by atoms with Gasteiger partial charge in [-0.05, 0) is 13.3 Å². The van der Waals surface area contributed by atoms with Crippen molar-refractivity contribution in [3.63, 3.8) is 0 Å². The Bertz CT molecular complexity index is 449. The second-order valence-corrected chi connectivity index (χ2v) is 5.43. The van der Waals surface area contributed by atoms with Gasteiger partial charge in [-0.2, -0.15) is 5.10 Å². The highest BCUT2D eigenvalue weighted by atomic mass is 35.5. The Morgan fingerprint density at radius 3 is 3.06 bits per heavy atom. The molecular weight excluding hydrogens is 248 g/mol. The van der Waals surface area contributed by atoms with Crippen LogP contribution in [0, 0.1) is 0 Å². The molecule has 6 heteroatoms. The topological polar surface area (TPSA) is 44.1 Å². The van der Waals surface area contributed by atoms with E-state index in [1.54, 1.807) is 25.0 Å². The van der Waals surface area contributed by atoms with Crippen molar-refractivity contribution in [2.24, 2.45) is 7.05 Å². The first-order chi connectivity index (χ1) is 7.59. The molecule has 1 fully saturated rings. The van der Waals surface area contributed by atoms with Gasteiger partial charge < -0.3 is 4.74 Å². The lowest BCUT2D eigenvalue weighted by atomic mass is 10.3. The quantitative estimate of drug-likeness (QED) is 0.812. The Kier molecular flexibility index (Phi) is 3.56. The third kappa shape index (κ3) is 2.26. The molecule has 2 heterocycles. The summed E-state index contributed by atoms with van der Waals surface area (Å²) in [6, 6.07) is 0. The summed E-state index contributed by atoms with van der Waals surface area (Å²) in [6.45, 7) is 2.81. The molecule has 88 valence electrons. The van der Waals surface area contributed by atoms with E-state index in [1.807, 2.05) is 6.92 Å². The van der Waals surface area contributed by atoms with Crippen LogP contribution in [0.15, 0.2) is 15.9 Å². The van der Waals surface area contributed by atoms with Gasteiger partial charge in [-0.3, -0.25) is 4.79 Å². The zero-order valence-electron chi connectivity index (χ0n) is 9.14. The predicted molar refractivity (Wildman–Crippen MR) is 64.2 cm³/mol. The zero-order chi connectivity index (χ0) is 11.7. The first kappa shape index (κ1) is 12.0. The lowest BCUT2D eigenvalue weighted by Crippen LogP contribution is -2.21. The largest absolute Gasteiger partial charge is 0.377 e. The van der Waals surface area contributed by atoms with E-state index in [1.165, 1.54) is 4.68 Å². The van der Waals surface area contributed by atoms with Crippen LogP contribution >= 0.6 is 23.4 Å². The molecule has 0 radical (unpaired) electrons. The fraction of sp³-hybridized carbons (Fsp3) is 0.600. The van der Waals surface area contributed by atoms with Crippen molar-refractivity contribution < 1.29 is 4.74 Å². The summed E-state index contributed by atoms with van der Waals surface area (Å²) in [6.07, 6.45) is 2.82. The number of aryl methyl sites for hydroxylation is 1. The standard InChI is InChI=1S/C10H13ClN2O2S/c1-6-7(3-4-15-6)16-8-5-12-13(2)10(14)9(8)11/h5-7H,3-4H2,1-2H3/t6-,7-/m0/s1. The first-order valence-corrected chi connectivity index (χ1v) is 6.35. The number of hydrogen-bond acceptors (Lipinski definition) is 4. The Morgan fingerprint density at radius 2 is 2.44 bits per heavy atom. The number of rotatable bonds is 2. The van der Waals surface area contributed by atoms with Crippen LogP contribution in [-0.2, 0) is 11.8 Å². The number of nitrogens with zero attached hydrogens (tertiary/aromatic N) is 2. The van der Waals surface area contributed by atoms with Gasteiger partial charge in [0.05, 0.1) is 17.2 Å². The number of ether oxygens (including phenoxy) is 1. The van der Waals surface area contributed by atoms with E-state index in [9.17, 15) is 4.79 Å². The maximum absolute atomic E-state index is 11.6. The fourth-order valence-electron chi connectivity index (χ4n) is 1.61. The second-order valence-electron chi connectivity index (χ2n) is 3.77. The Balaban J connectivity index is 2.22. The van der Waals surface area contributed by atoms with Crippen LogP contribution in [0.4, 0.5) is 0 Å². The Labute approximate surface area is 103 Å². The van der Waals surface area contributed by atoms with Crippen LogP contribution in [0.3, 0.4) is 0 Å². The summed E-state index contributed by atoms with van der Waals surface area (Å²) in [7, 11) is 1.59. The van der Waals surface area contributed by atoms with Crippen molar-refractivity contribution in [3.8, 4) is 0 Å². The van der Waals surface area contributed by atoms with E-state index in [2.05, 4.69) is 5.10 Å². The van der Waals surface area contributed by atoms with E-state index >= 15 is 0 Å². The molecule has 2 rings (SSSR count). The minimum atomic E-state index is -0.252. The third-order valence-electron chi connectivity index (χ3n) is 2.63. The summed E-state index contributed by atoms with van der Waals surface area (Å²) < 4.78 is 6.70. The summed E-state index contributed by atoms with van der Waals surface area (Å²) in [5.41, 5.74) is -0.252. The van der Waals surface area contributed by atoms with E-state index in [4.69, 9.17) is 16.3 Å². The highest BCUT2D eigenvalue weighted by Gasteiger charge is 2.26. The van der Waals surface area contributed by atoms with Gasteiger partial charge in [-0.1, -0.05) is 11.6 Å². The van der Waals surface area contributed by atoms with Crippen molar-refractivity contribution in [2.45, 2.75) is 29.6 Å². The van der Waals surface area contributed by atoms with Crippen molar-refractivity contribution in [1.82, 2.24) is 9.78 Å². The fourth-order valence-corrected chi connectivity index (χ4v) is 3.02. The van der Waals surface area contributed by atoms with Crippen LogP contribution in [0.5, 0.6) is 0 Å². The molecule has 16 heavy (non-hydrogen) atoms. The molecule has 0 amide bonds. The maximum atomic E-state index is 11.6. The summed E-state index contributed by atoms with van der Waals surface area (Å²) in [4.78, 5) is 12.3. The van der Waals surface area contributed by atoms with Crippen molar-refractivity contribution in [2.75, 3.05) is 6.61 Å². The molecular formula is C10H13ClN2O2S. The van der Waals surface area contributed by atoms with Crippen LogP contribution < -0.4 is 5.56 Å². The highest BCUT2D eigenvalue weighted by molar-refractivity contribution is 8.00. The van der Waals surface area contributed by atoms with Gasteiger partial charge >= 0.3 is 0 Å². The molecule has 0 bridgehead atoms. The van der Waals surface area contributed by atoms with Gasteiger partial charge in [0.25, 0.3) is 5.56 Å². The minimum Gasteiger partial charge on any atom is -0.377 e. The molecule has 0 spiro atoms. The Hall–Kier alpha value is -0.520. The minimum absolute atomic E-state index is 0.199. The molecule has 1 aliphatic rings. The number of aromatic nitrogens is 2. The first-order valence-electron chi connectivity index (χ1n) is 5.09. The summed E-state index contributed by atoms with van der Waals surface area (Å²) in [5.74, 6) is 0. The molecule has 0 aliphatic carbocycles. The van der Waals surface area contributed by atoms with Crippen molar-refractivity contribution >= 4 is 23.4 Å². The van der Waals surface area contributed by atoms with Gasteiger partial charge in [0.15, 0.2) is 0 Å². The molecule has 0 aromatic carbocycles. The summed E-state index contributed by atoms with van der Waals surface area (Å²) in [5, 5.41) is 4.57. The van der Waals surface area contributed by atoms with Crippen molar-refractivity contribution in [1.29, 1.82) is 0 Å². The van der Waals surface area contributed by atoms with E-state index in [0.29, 0.717) is 5.25 Å². The monoisotopic (exact) mass is 260 g/mol. The highest BCUT2D eigenvalue weighted by Crippen LogP contribution is 2.34. The van der Waals surface area contributed by atoms with E-state index < -0.39 is 0 Å². The van der Waals surface area contributed by atoms with Gasteiger partial charge in [-0.25, -0.2) is 4.68 Å². The lowest BCUT2D eigenvalue weighted by molar-refractivity contribution is 0.127. The molecule has 1 saturated heterocycles. The SMILES string of the molecule is C[C@@H]1OCC[C@@H]1Sc1cnn(C)c(=O)c1Cl. The van der Waals surface area contributed by atoms with Crippen LogP contribution in [0.1, 0.15) is 13.3 Å². The smallest absolute Gasteiger partial charge is 0.286 e. The zero-order valence-corrected chi connectivity index (χ0v) is 10.7. The second kappa shape index (κ2) is 4.77. The van der Waals surface area contributed by atoms with Crippen LogP contribution in [0.25, 0.3) is 0 Å². The van der Waals surface area contributed by atoms with Gasteiger partial charge in [-0.15, -0.1) is 11.8 Å². The summed E-state index contributed by atoms with van der Waals surface area (Å²) >= 11 is 7.57. The third-order valence-corrected chi connectivity index (χ3v) is 4.59. The van der Waals surface area contributed by atoms with E-state index in [0.717, 1.165) is 17.9 Å². The molecule has 1 aromatic heterocycles. The average Bonchev–Trinajstić information content (AvgIpc) is 2.65. The molecule has 0 unspecified atom stereocenters. The number of hydrogen-bond donors (Lipinski definition) is 0. The molecule has 2 atom stereocenters. The van der Waals surface area contributed by atoms with Gasteiger partial charge in [0.2, 0.25) is 0 Å². The lowest BCUT2D eigenvalue weighted by Gasteiger charge is -2.13. The van der Waals surface area contributed by atoms with Crippen LogP contribution in [0.2, 0.25) is 5.02 Å². The number of halogens is 1. The number of thioether (sulfide) groups is 1. The molecule has 4 nitrogen and oxygen atoms in total. The normalized spacial score (nSPS) is 24.9. The molecule has 1 aliphatic heterocycles. The predicted octanol–water partition coefficient (Wildman–Crippen LogP) is 1.70. The van der Waals surface area contributed by atoms with Crippen molar-refractivity contribution in [3.05, 3.63) is 21.6 Å². The maximum Gasteiger partial charge on any atom is 0.286 e.